The Morgan fingerprint density at radius 3 is 2.08 bits per heavy atom. The molecule has 1 saturated heterocycles. The minimum atomic E-state index is -2.66. The van der Waals surface area contributed by atoms with Gasteiger partial charge in [-0.1, -0.05) is 0 Å². The number of hydrogen-bond acceptors (Lipinski definition) is 4. The van der Waals surface area contributed by atoms with E-state index in [4.69, 9.17) is 9.90 Å². The minimum Gasteiger partial charge on any atom is -0.550 e. The van der Waals surface area contributed by atoms with Crippen molar-refractivity contribution in [2.45, 2.75) is 19.4 Å². The Bertz CT molecular complexity index is 242. The first kappa shape index (κ1) is 11.4. The summed E-state index contributed by atoms with van der Waals surface area (Å²) in [6.07, 6.45) is 0.752. The van der Waals surface area contributed by atoms with Gasteiger partial charge in [0.2, 0.25) is 0 Å². The lowest BCUT2D eigenvalue weighted by Crippen LogP contribution is -2.61. The molecule has 0 saturated carbocycles. The fourth-order valence-corrected chi connectivity index (χ4v) is 2.62. The van der Waals surface area contributed by atoms with Gasteiger partial charge < -0.3 is 15.6 Å². The van der Waals surface area contributed by atoms with Crippen LogP contribution >= 0.6 is 0 Å². The van der Waals surface area contributed by atoms with Gasteiger partial charge in [0.15, 0.2) is 9.84 Å². The monoisotopic (exact) mass is 195 g/mol. The van der Waals surface area contributed by atoms with Crippen LogP contribution < -0.4 is 10.8 Å². The molecule has 6 heteroatoms. The molecule has 12 heavy (non-hydrogen) atoms. The Morgan fingerprint density at radius 2 is 2.00 bits per heavy atom. The number of hydrogen-bond donors (Lipinski definition) is 1. The van der Waals surface area contributed by atoms with Crippen molar-refractivity contribution < 1.29 is 24.1 Å². The topological polar surface area (TPSA) is 102 Å². The van der Waals surface area contributed by atoms with E-state index >= 15 is 0 Å². The van der Waals surface area contributed by atoms with Crippen LogP contribution in [0.15, 0.2) is 0 Å². The quantitative estimate of drug-likeness (QED) is 0.450. The molecule has 1 fully saturated rings. The molecule has 0 spiro atoms. The Morgan fingerprint density at radius 1 is 1.58 bits per heavy atom. The molecule has 1 rings (SSSR count). The zero-order chi connectivity index (χ0) is 9.78. The number of carboxylic acid groups (broad SMARTS) is 1. The lowest BCUT2D eigenvalue weighted by molar-refractivity contribution is -0.410. The van der Waals surface area contributed by atoms with Crippen molar-refractivity contribution in [3.05, 3.63) is 0 Å². The first-order chi connectivity index (χ1) is 5.33. The maximum atomic E-state index is 10.6. The largest absolute Gasteiger partial charge is 0.550 e. The van der Waals surface area contributed by atoms with Gasteiger partial charge in [-0.3, -0.25) is 0 Å². The van der Waals surface area contributed by atoms with Crippen LogP contribution in [-0.2, 0) is 14.6 Å². The van der Waals surface area contributed by atoms with E-state index in [0.717, 1.165) is 13.3 Å². The van der Waals surface area contributed by atoms with Gasteiger partial charge >= 0.3 is 0 Å². The molecule has 72 valence electrons. The number of carbonyl (C=O) groups is 1. The molecule has 1 atom stereocenters. The third-order valence-corrected chi connectivity index (χ3v) is 3.16. The number of quaternary nitrogens is 1. The maximum Gasteiger partial charge on any atom is 0.156 e. The summed E-state index contributed by atoms with van der Waals surface area (Å²) in [5.74, 6) is -0.436. The van der Waals surface area contributed by atoms with Crippen molar-refractivity contribution in [2.75, 3.05) is 11.5 Å². The van der Waals surface area contributed by atoms with Crippen LogP contribution in [0.25, 0.3) is 0 Å². The third-order valence-electron chi connectivity index (χ3n) is 1.33. The highest BCUT2D eigenvalue weighted by molar-refractivity contribution is 7.91. The van der Waals surface area contributed by atoms with Gasteiger partial charge in [-0.25, -0.2) is 8.42 Å². The summed E-state index contributed by atoms with van der Waals surface area (Å²) in [6.45, 7) is 0.972. The standard InChI is InChI=1S/C4H9NO2S.C2H4O2/c5-4-1-2-8(6,7)3-4;1-2(3)4/h4H,1-3,5H2;1H3,(H,3,4). The molecule has 0 aromatic heterocycles. The molecule has 3 N–H and O–H groups in total. The lowest BCUT2D eigenvalue weighted by atomic mass is 10.3. The van der Waals surface area contributed by atoms with Crippen LogP contribution in [0.4, 0.5) is 0 Å². The van der Waals surface area contributed by atoms with Gasteiger partial charge in [0.25, 0.3) is 0 Å². The van der Waals surface area contributed by atoms with E-state index < -0.39 is 15.8 Å². The van der Waals surface area contributed by atoms with Crippen LogP contribution in [-0.4, -0.2) is 31.9 Å². The minimum absolute atomic E-state index is 0.153. The number of aliphatic carboxylic acids is 1. The summed E-state index contributed by atoms with van der Waals surface area (Å²) in [4.78, 5) is 8.89. The predicted molar refractivity (Wildman–Crippen MR) is 40.6 cm³/mol. The van der Waals surface area contributed by atoms with Gasteiger partial charge in [0.1, 0.15) is 5.75 Å². The highest BCUT2D eigenvalue weighted by Crippen LogP contribution is 2.06. The first-order valence-electron chi connectivity index (χ1n) is 3.54. The van der Waals surface area contributed by atoms with E-state index in [1.165, 1.54) is 0 Å². The SMILES string of the molecule is CC(=O)[O-].[NH3+]C1CCS(=O)(=O)C1. The van der Waals surface area contributed by atoms with E-state index in [0.29, 0.717) is 11.5 Å². The van der Waals surface area contributed by atoms with Crippen LogP contribution in [0, 0.1) is 0 Å². The average molecular weight is 195 g/mol. The Hall–Kier alpha value is -0.620. The van der Waals surface area contributed by atoms with E-state index in [2.05, 4.69) is 5.73 Å². The summed E-state index contributed by atoms with van der Waals surface area (Å²) in [7, 11) is -2.66. The van der Waals surface area contributed by atoms with E-state index in [-0.39, 0.29) is 6.04 Å². The molecule has 0 radical (unpaired) electrons. The molecular weight excluding hydrogens is 182 g/mol. The molecule has 1 unspecified atom stereocenters. The maximum absolute atomic E-state index is 10.6. The van der Waals surface area contributed by atoms with Gasteiger partial charge in [0.05, 0.1) is 11.8 Å². The second-order valence-corrected chi connectivity index (χ2v) is 4.99. The van der Waals surface area contributed by atoms with Crippen LogP contribution in [0.3, 0.4) is 0 Å². The Balaban J connectivity index is 0.000000261. The summed E-state index contributed by atoms with van der Waals surface area (Å²) >= 11 is 0. The van der Waals surface area contributed by atoms with E-state index in [1.807, 2.05) is 0 Å². The van der Waals surface area contributed by atoms with Crippen molar-refractivity contribution in [3.63, 3.8) is 0 Å². The second-order valence-electron chi connectivity index (χ2n) is 2.76. The zero-order valence-corrected chi connectivity index (χ0v) is 7.76. The first-order valence-corrected chi connectivity index (χ1v) is 5.37. The third kappa shape index (κ3) is 6.11. The number of sulfone groups is 1. The smallest absolute Gasteiger partial charge is 0.156 e. The molecule has 0 amide bonds. The summed E-state index contributed by atoms with van der Waals surface area (Å²) in [5.41, 5.74) is 3.65. The molecule has 1 heterocycles. The average Bonchev–Trinajstić information content (AvgIpc) is 2.07. The van der Waals surface area contributed by atoms with Crippen LogP contribution in [0.5, 0.6) is 0 Å². The van der Waals surface area contributed by atoms with Crippen molar-refractivity contribution in [1.29, 1.82) is 0 Å². The summed E-state index contributed by atoms with van der Waals surface area (Å²) in [6, 6.07) is 0.153. The molecule has 1 aliphatic rings. The van der Waals surface area contributed by atoms with Crippen LogP contribution in [0.2, 0.25) is 0 Å². The predicted octanol–water partition coefficient (Wildman–Crippen LogP) is -2.83. The molecule has 0 aromatic carbocycles. The molecule has 0 aliphatic carbocycles. The number of rotatable bonds is 0. The lowest BCUT2D eigenvalue weighted by Gasteiger charge is -1.87. The van der Waals surface area contributed by atoms with E-state index in [1.54, 1.807) is 0 Å². The van der Waals surface area contributed by atoms with Gasteiger partial charge in [-0.2, -0.15) is 0 Å². The van der Waals surface area contributed by atoms with Gasteiger partial charge in [-0.05, 0) is 6.92 Å². The normalized spacial score (nSPS) is 25.7. The van der Waals surface area contributed by atoms with Gasteiger partial charge in [-0.15, -0.1) is 0 Å². The van der Waals surface area contributed by atoms with Crippen LogP contribution in [0.1, 0.15) is 13.3 Å². The highest BCUT2D eigenvalue weighted by atomic mass is 32.2. The molecule has 1 aliphatic heterocycles. The Kier molecular flexibility index (Phi) is 4.19. The van der Waals surface area contributed by atoms with Crippen molar-refractivity contribution in [2.24, 2.45) is 0 Å². The fourth-order valence-electron chi connectivity index (χ4n) is 0.872. The molecule has 0 bridgehead atoms. The number of carbonyl (C=O) groups excluding carboxylic acids is 1. The van der Waals surface area contributed by atoms with E-state index in [9.17, 15) is 8.42 Å². The number of carboxylic acids is 1. The highest BCUT2D eigenvalue weighted by Gasteiger charge is 2.27. The molecule has 5 nitrogen and oxygen atoms in total. The summed E-state index contributed by atoms with van der Waals surface area (Å²) in [5, 5.41) is 8.89. The fraction of sp³-hybridized carbons (Fsp3) is 0.833. The second kappa shape index (κ2) is 4.42. The van der Waals surface area contributed by atoms with Crippen molar-refractivity contribution in [1.82, 2.24) is 0 Å². The van der Waals surface area contributed by atoms with Crippen molar-refractivity contribution >= 4 is 15.8 Å². The van der Waals surface area contributed by atoms with Gasteiger partial charge in [0, 0.05) is 12.4 Å². The van der Waals surface area contributed by atoms with Crippen molar-refractivity contribution in [3.8, 4) is 0 Å². The summed E-state index contributed by atoms with van der Waals surface area (Å²) < 4.78 is 21.2. The molecular formula is C6H13NO4S. The zero-order valence-electron chi connectivity index (χ0n) is 6.95. The Labute approximate surface area is 71.5 Å². The molecule has 0 aromatic rings.